The first-order valence-electron chi connectivity index (χ1n) is 8.55. The van der Waals surface area contributed by atoms with Crippen molar-refractivity contribution in [2.24, 2.45) is 5.92 Å². The highest BCUT2D eigenvalue weighted by Gasteiger charge is 2.21. The Balaban J connectivity index is 1.72. The molecule has 0 radical (unpaired) electrons. The SMILES string of the molecule is COc1nc2ccccc2cc1CN1CCC[C@H](CNC(C)=O)C1. The van der Waals surface area contributed by atoms with Crippen LogP contribution in [0.3, 0.4) is 0 Å². The third kappa shape index (κ3) is 4.03. The van der Waals surface area contributed by atoms with Crippen molar-refractivity contribution in [3.8, 4) is 5.88 Å². The van der Waals surface area contributed by atoms with Gasteiger partial charge < -0.3 is 10.1 Å². The number of likely N-dealkylation sites (tertiary alicyclic amines) is 1. The van der Waals surface area contributed by atoms with Gasteiger partial charge in [0.25, 0.3) is 0 Å². The number of nitrogens with zero attached hydrogens (tertiary/aromatic N) is 2. The van der Waals surface area contributed by atoms with Crippen LogP contribution in [-0.2, 0) is 11.3 Å². The molecule has 5 heteroatoms. The normalized spacial score (nSPS) is 18.5. The molecule has 1 fully saturated rings. The third-order valence-corrected chi connectivity index (χ3v) is 4.59. The van der Waals surface area contributed by atoms with E-state index in [2.05, 4.69) is 27.3 Å². The van der Waals surface area contributed by atoms with Gasteiger partial charge in [0.1, 0.15) is 0 Å². The predicted molar refractivity (Wildman–Crippen MR) is 95.0 cm³/mol. The van der Waals surface area contributed by atoms with E-state index in [4.69, 9.17) is 4.74 Å². The maximum Gasteiger partial charge on any atom is 0.218 e. The van der Waals surface area contributed by atoms with Crippen LogP contribution < -0.4 is 10.1 Å². The van der Waals surface area contributed by atoms with Gasteiger partial charge in [0, 0.05) is 37.5 Å². The summed E-state index contributed by atoms with van der Waals surface area (Å²) in [5, 5.41) is 4.08. The topological polar surface area (TPSA) is 54.5 Å². The second-order valence-electron chi connectivity index (χ2n) is 6.53. The van der Waals surface area contributed by atoms with Crippen molar-refractivity contribution in [1.82, 2.24) is 15.2 Å². The van der Waals surface area contributed by atoms with Crippen LogP contribution in [0, 0.1) is 5.92 Å². The Morgan fingerprint density at radius 3 is 3.04 bits per heavy atom. The third-order valence-electron chi connectivity index (χ3n) is 4.59. The molecule has 5 nitrogen and oxygen atoms in total. The number of carbonyl (C=O) groups is 1. The molecule has 1 aliphatic heterocycles. The molecule has 0 spiro atoms. The smallest absolute Gasteiger partial charge is 0.218 e. The lowest BCUT2D eigenvalue weighted by atomic mass is 9.97. The molecule has 2 aromatic rings. The van der Waals surface area contributed by atoms with Gasteiger partial charge >= 0.3 is 0 Å². The molecule has 1 atom stereocenters. The van der Waals surface area contributed by atoms with Crippen molar-refractivity contribution >= 4 is 16.8 Å². The summed E-state index contributed by atoms with van der Waals surface area (Å²) in [5.74, 6) is 1.27. The van der Waals surface area contributed by atoms with Crippen LogP contribution in [0.5, 0.6) is 5.88 Å². The molecule has 1 aromatic heterocycles. The number of aromatic nitrogens is 1. The van der Waals surface area contributed by atoms with Gasteiger partial charge in [0.2, 0.25) is 11.8 Å². The average molecular weight is 327 g/mol. The van der Waals surface area contributed by atoms with E-state index in [-0.39, 0.29) is 5.91 Å². The minimum atomic E-state index is 0.0486. The van der Waals surface area contributed by atoms with Crippen molar-refractivity contribution in [2.75, 3.05) is 26.7 Å². The molecule has 128 valence electrons. The van der Waals surface area contributed by atoms with E-state index in [1.165, 1.54) is 6.42 Å². The van der Waals surface area contributed by atoms with E-state index in [1.807, 2.05) is 18.2 Å². The second-order valence-corrected chi connectivity index (χ2v) is 6.53. The molecule has 24 heavy (non-hydrogen) atoms. The number of methoxy groups -OCH3 is 1. The fraction of sp³-hybridized carbons (Fsp3) is 0.474. The van der Waals surface area contributed by atoms with Crippen molar-refractivity contribution in [3.05, 3.63) is 35.9 Å². The summed E-state index contributed by atoms with van der Waals surface area (Å²) in [6.07, 6.45) is 2.33. The Labute approximate surface area is 143 Å². The number of amides is 1. The summed E-state index contributed by atoms with van der Waals surface area (Å²) in [5.41, 5.74) is 2.08. The fourth-order valence-corrected chi connectivity index (χ4v) is 3.42. The second kappa shape index (κ2) is 7.62. The number of para-hydroxylation sites is 1. The number of piperidine rings is 1. The quantitative estimate of drug-likeness (QED) is 0.917. The van der Waals surface area contributed by atoms with Crippen LogP contribution in [0.2, 0.25) is 0 Å². The Morgan fingerprint density at radius 1 is 1.42 bits per heavy atom. The highest BCUT2D eigenvalue weighted by atomic mass is 16.5. The molecule has 0 bridgehead atoms. The zero-order valence-corrected chi connectivity index (χ0v) is 14.4. The largest absolute Gasteiger partial charge is 0.481 e. The Hall–Kier alpha value is -2.14. The van der Waals surface area contributed by atoms with Crippen molar-refractivity contribution in [1.29, 1.82) is 0 Å². The molecule has 3 rings (SSSR count). The van der Waals surface area contributed by atoms with Gasteiger partial charge in [-0.05, 0) is 37.4 Å². The molecule has 1 saturated heterocycles. The van der Waals surface area contributed by atoms with Gasteiger partial charge in [-0.15, -0.1) is 0 Å². The van der Waals surface area contributed by atoms with Crippen molar-refractivity contribution < 1.29 is 9.53 Å². The zero-order valence-electron chi connectivity index (χ0n) is 14.4. The van der Waals surface area contributed by atoms with Gasteiger partial charge in [-0.3, -0.25) is 9.69 Å². The van der Waals surface area contributed by atoms with Crippen LogP contribution in [0.4, 0.5) is 0 Å². The Kier molecular flexibility index (Phi) is 5.30. The van der Waals surface area contributed by atoms with Crippen LogP contribution in [-0.4, -0.2) is 42.5 Å². The standard InChI is InChI=1S/C19H25N3O2/c1-14(23)20-11-15-6-5-9-22(12-15)13-17-10-16-7-3-4-8-18(16)21-19(17)24-2/h3-4,7-8,10,15H,5-6,9,11-13H2,1-2H3,(H,20,23)/t15-/m1/s1. The minimum absolute atomic E-state index is 0.0486. The number of rotatable bonds is 5. The Bertz CT molecular complexity index is 717. The van der Waals surface area contributed by atoms with Gasteiger partial charge in [0.05, 0.1) is 12.6 Å². The summed E-state index contributed by atoms with van der Waals surface area (Å²) < 4.78 is 5.51. The molecule has 2 heterocycles. The van der Waals surface area contributed by atoms with E-state index >= 15 is 0 Å². The van der Waals surface area contributed by atoms with E-state index in [9.17, 15) is 4.79 Å². The first kappa shape index (κ1) is 16.7. The van der Waals surface area contributed by atoms with E-state index in [1.54, 1.807) is 14.0 Å². The molecule has 1 aromatic carbocycles. The maximum atomic E-state index is 11.1. The molecule has 1 N–H and O–H groups in total. The highest BCUT2D eigenvalue weighted by Crippen LogP contribution is 2.25. The molecule has 1 aliphatic rings. The summed E-state index contributed by atoms with van der Waals surface area (Å²) in [7, 11) is 1.68. The molecular weight excluding hydrogens is 302 g/mol. The molecule has 0 aliphatic carbocycles. The molecule has 0 unspecified atom stereocenters. The number of hydrogen-bond donors (Lipinski definition) is 1. The monoisotopic (exact) mass is 327 g/mol. The molecule has 1 amide bonds. The summed E-state index contributed by atoms with van der Waals surface area (Å²) in [6.45, 7) is 5.24. The molecular formula is C19H25N3O2. The summed E-state index contributed by atoms with van der Waals surface area (Å²) in [4.78, 5) is 18.2. The highest BCUT2D eigenvalue weighted by molar-refractivity contribution is 5.80. The van der Waals surface area contributed by atoms with E-state index in [0.29, 0.717) is 11.8 Å². The number of nitrogens with one attached hydrogen (secondary N) is 1. The summed E-state index contributed by atoms with van der Waals surface area (Å²) in [6, 6.07) is 10.3. The number of carbonyl (C=O) groups excluding carboxylic acids is 1. The van der Waals surface area contributed by atoms with Gasteiger partial charge in [-0.1, -0.05) is 18.2 Å². The number of benzene rings is 1. The number of hydrogen-bond acceptors (Lipinski definition) is 4. The van der Waals surface area contributed by atoms with Crippen molar-refractivity contribution in [3.63, 3.8) is 0 Å². The lowest BCUT2D eigenvalue weighted by Gasteiger charge is -2.33. The van der Waals surface area contributed by atoms with E-state index < -0.39 is 0 Å². The maximum absolute atomic E-state index is 11.1. The van der Waals surface area contributed by atoms with Crippen LogP contribution in [0.15, 0.2) is 30.3 Å². The predicted octanol–water partition coefficient (Wildman–Crippen LogP) is 2.59. The first-order valence-corrected chi connectivity index (χ1v) is 8.55. The van der Waals surface area contributed by atoms with Gasteiger partial charge in [-0.2, -0.15) is 0 Å². The number of fused-ring (bicyclic) bond motifs is 1. The van der Waals surface area contributed by atoms with Crippen LogP contribution in [0.25, 0.3) is 10.9 Å². The van der Waals surface area contributed by atoms with Gasteiger partial charge in [-0.25, -0.2) is 4.98 Å². The van der Waals surface area contributed by atoms with E-state index in [0.717, 1.165) is 49.1 Å². The summed E-state index contributed by atoms with van der Waals surface area (Å²) >= 11 is 0. The van der Waals surface area contributed by atoms with Crippen LogP contribution in [0.1, 0.15) is 25.3 Å². The minimum Gasteiger partial charge on any atom is -0.481 e. The first-order chi connectivity index (χ1) is 11.7. The van der Waals surface area contributed by atoms with Gasteiger partial charge in [0.15, 0.2) is 0 Å². The van der Waals surface area contributed by atoms with Crippen LogP contribution >= 0.6 is 0 Å². The molecule has 0 saturated carbocycles. The number of ether oxygens (including phenoxy) is 1. The lowest BCUT2D eigenvalue weighted by Crippen LogP contribution is -2.40. The van der Waals surface area contributed by atoms with Crippen molar-refractivity contribution in [2.45, 2.75) is 26.3 Å². The Morgan fingerprint density at radius 2 is 2.25 bits per heavy atom. The fourth-order valence-electron chi connectivity index (χ4n) is 3.42. The lowest BCUT2D eigenvalue weighted by molar-refractivity contribution is -0.119. The number of pyridine rings is 1. The average Bonchev–Trinajstić information content (AvgIpc) is 2.59. The zero-order chi connectivity index (χ0) is 16.9.